The zero-order valence-electron chi connectivity index (χ0n) is 9.39. The molecule has 16 heavy (non-hydrogen) atoms. The van der Waals surface area contributed by atoms with Gasteiger partial charge in [-0.05, 0) is 25.7 Å². The highest BCUT2D eigenvalue weighted by atomic mass is 16.5. The van der Waals surface area contributed by atoms with Crippen molar-refractivity contribution in [2.24, 2.45) is 5.92 Å². The van der Waals surface area contributed by atoms with Crippen LogP contribution in [0.15, 0.2) is 12.2 Å². The Balaban J connectivity index is 2.42. The molecule has 1 heterocycles. The zero-order valence-corrected chi connectivity index (χ0v) is 9.39. The number of hydrogen-bond acceptors (Lipinski definition) is 3. The second-order valence-electron chi connectivity index (χ2n) is 3.74. The van der Waals surface area contributed by atoms with E-state index in [0.717, 1.165) is 12.8 Å². The maximum absolute atomic E-state index is 11.1. The Kier molecular flexibility index (Phi) is 4.82. The van der Waals surface area contributed by atoms with E-state index in [0.29, 0.717) is 19.7 Å². The van der Waals surface area contributed by atoms with Gasteiger partial charge in [0.05, 0.1) is 6.61 Å². The van der Waals surface area contributed by atoms with E-state index in [1.807, 2.05) is 0 Å². The maximum Gasteiger partial charge on any atom is 0.407 e. The van der Waals surface area contributed by atoms with Gasteiger partial charge in [0.25, 0.3) is 0 Å². The van der Waals surface area contributed by atoms with Gasteiger partial charge in [-0.15, -0.1) is 0 Å². The number of carbonyl (C=O) groups excluding carboxylic acids is 1. The molecule has 0 aromatic carbocycles. The number of ether oxygens (including phenoxy) is 1. The molecule has 5 heteroatoms. The fraction of sp³-hybridized carbons (Fsp3) is 0.636. The highest BCUT2D eigenvalue weighted by Crippen LogP contribution is 2.17. The fourth-order valence-corrected chi connectivity index (χ4v) is 1.75. The molecule has 1 amide bonds. The van der Waals surface area contributed by atoms with Crippen LogP contribution in [0.4, 0.5) is 4.79 Å². The minimum Gasteiger partial charge on any atom is -0.465 e. The smallest absolute Gasteiger partial charge is 0.407 e. The van der Waals surface area contributed by atoms with Crippen LogP contribution in [-0.2, 0) is 9.53 Å². The summed E-state index contributed by atoms with van der Waals surface area (Å²) < 4.78 is 4.75. The van der Waals surface area contributed by atoms with Crippen LogP contribution in [0.1, 0.15) is 19.8 Å². The lowest BCUT2D eigenvalue weighted by Crippen LogP contribution is -2.38. The van der Waals surface area contributed by atoms with E-state index in [4.69, 9.17) is 9.84 Å². The Bertz CT molecular complexity index is 288. The molecule has 0 aromatic rings. The second kappa shape index (κ2) is 6.15. The van der Waals surface area contributed by atoms with E-state index in [1.165, 1.54) is 11.0 Å². The van der Waals surface area contributed by atoms with Crippen molar-refractivity contribution in [1.29, 1.82) is 0 Å². The van der Waals surface area contributed by atoms with Crippen molar-refractivity contribution in [2.45, 2.75) is 19.8 Å². The Hall–Kier alpha value is -1.52. The third-order valence-electron chi connectivity index (χ3n) is 2.52. The predicted molar refractivity (Wildman–Crippen MR) is 58.1 cm³/mol. The standard InChI is InChI=1S/C11H17NO4/c1-2-16-10(13)6-5-9-4-3-7-12(8-9)11(14)15/h5-6,9H,2-4,7-8H2,1H3,(H,14,15). The van der Waals surface area contributed by atoms with Crippen LogP contribution < -0.4 is 0 Å². The van der Waals surface area contributed by atoms with Crippen molar-refractivity contribution >= 4 is 12.1 Å². The van der Waals surface area contributed by atoms with Crippen LogP contribution in [0.3, 0.4) is 0 Å². The lowest BCUT2D eigenvalue weighted by Gasteiger charge is -2.28. The molecule has 5 nitrogen and oxygen atoms in total. The molecule has 1 aliphatic rings. The highest BCUT2D eigenvalue weighted by Gasteiger charge is 2.21. The van der Waals surface area contributed by atoms with E-state index in [1.54, 1.807) is 13.0 Å². The molecule has 90 valence electrons. The molecule has 0 radical (unpaired) electrons. The summed E-state index contributed by atoms with van der Waals surface area (Å²) in [6.45, 7) is 3.15. The maximum atomic E-state index is 11.1. The average Bonchev–Trinajstić information content (AvgIpc) is 2.27. The van der Waals surface area contributed by atoms with E-state index in [9.17, 15) is 9.59 Å². The number of likely N-dealkylation sites (tertiary alicyclic amines) is 1. The summed E-state index contributed by atoms with van der Waals surface area (Å²) in [4.78, 5) is 23.2. The van der Waals surface area contributed by atoms with Crippen LogP contribution in [0, 0.1) is 5.92 Å². The quantitative estimate of drug-likeness (QED) is 0.586. The normalized spacial score (nSPS) is 21.1. The minimum absolute atomic E-state index is 0.120. The number of rotatable bonds is 3. The van der Waals surface area contributed by atoms with Gasteiger partial charge in [0.2, 0.25) is 0 Å². The summed E-state index contributed by atoms with van der Waals surface area (Å²) in [6, 6.07) is 0. The Morgan fingerprint density at radius 2 is 2.31 bits per heavy atom. The van der Waals surface area contributed by atoms with E-state index in [2.05, 4.69) is 0 Å². The number of hydrogen-bond donors (Lipinski definition) is 1. The van der Waals surface area contributed by atoms with Crippen molar-refractivity contribution in [2.75, 3.05) is 19.7 Å². The summed E-state index contributed by atoms with van der Waals surface area (Å²) in [6.07, 6.45) is 3.99. The number of piperidine rings is 1. The Morgan fingerprint density at radius 3 is 2.94 bits per heavy atom. The molecule has 0 saturated carbocycles. The van der Waals surface area contributed by atoms with Crippen LogP contribution in [-0.4, -0.2) is 41.8 Å². The number of esters is 1. The van der Waals surface area contributed by atoms with Crippen molar-refractivity contribution < 1.29 is 19.4 Å². The first-order chi connectivity index (χ1) is 7.63. The molecule has 1 fully saturated rings. The number of amides is 1. The van der Waals surface area contributed by atoms with Gasteiger partial charge >= 0.3 is 12.1 Å². The molecule has 0 aromatic heterocycles. The SMILES string of the molecule is CCOC(=O)C=CC1CCCN(C(=O)O)C1. The van der Waals surface area contributed by atoms with Gasteiger partial charge in [0, 0.05) is 19.2 Å². The van der Waals surface area contributed by atoms with Crippen molar-refractivity contribution in [3.05, 3.63) is 12.2 Å². The first kappa shape index (κ1) is 12.5. The summed E-state index contributed by atoms with van der Waals surface area (Å²) in [7, 11) is 0. The topological polar surface area (TPSA) is 66.8 Å². The Labute approximate surface area is 94.7 Å². The van der Waals surface area contributed by atoms with E-state index >= 15 is 0 Å². The lowest BCUT2D eigenvalue weighted by molar-refractivity contribution is -0.137. The molecule has 1 rings (SSSR count). The summed E-state index contributed by atoms with van der Waals surface area (Å²) >= 11 is 0. The lowest BCUT2D eigenvalue weighted by atomic mass is 9.98. The molecule has 1 unspecified atom stereocenters. The van der Waals surface area contributed by atoms with Crippen LogP contribution in [0.25, 0.3) is 0 Å². The van der Waals surface area contributed by atoms with E-state index < -0.39 is 6.09 Å². The molecule has 1 saturated heterocycles. The molecule has 0 spiro atoms. The minimum atomic E-state index is -0.894. The van der Waals surface area contributed by atoms with Gasteiger partial charge < -0.3 is 14.7 Å². The van der Waals surface area contributed by atoms with Crippen molar-refractivity contribution in [1.82, 2.24) is 4.90 Å². The average molecular weight is 227 g/mol. The fourth-order valence-electron chi connectivity index (χ4n) is 1.75. The first-order valence-corrected chi connectivity index (χ1v) is 5.46. The summed E-state index contributed by atoms with van der Waals surface area (Å²) in [5.41, 5.74) is 0. The van der Waals surface area contributed by atoms with Gasteiger partial charge in [-0.2, -0.15) is 0 Å². The number of nitrogens with zero attached hydrogens (tertiary/aromatic N) is 1. The summed E-state index contributed by atoms with van der Waals surface area (Å²) in [5.74, 6) is -0.246. The van der Waals surface area contributed by atoms with Crippen molar-refractivity contribution in [3.63, 3.8) is 0 Å². The first-order valence-electron chi connectivity index (χ1n) is 5.46. The van der Waals surface area contributed by atoms with Crippen molar-refractivity contribution in [3.8, 4) is 0 Å². The number of carbonyl (C=O) groups is 2. The largest absolute Gasteiger partial charge is 0.465 e. The van der Waals surface area contributed by atoms with Gasteiger partial charge in [-0.3, -0.25) is 0 Å². The zero-order chi connectivity index (χ0) is 12.0. The van der Waals surface area contributed by atoms with Gasteiger partial charge in [-0.1, -0.05) is 6.08 Å². The molecule has 1 N–H and O–H groups in total. The Morgan fingerprint density at radius 1 is 1.56 bits per heavy atom. The molecule has 1 atom stereocenters. The molecule has 0 bridgehead atoms. The molecular formula is C11H17NO4. The molecule has 0 aliphatic carbocycles. The highest BCUT2D eigenvalue weighted by molar-refractivity contribution is 5.81. The molecule has 1 aliphatic heterocycles. The van der Waals surface area contributed by atoms with Crippen LogP contribution in [0.5, 0.6) is 0 Å². The monoisotopic (exact) mass is 227 g/mol. The van der Waals surface area contributed by atoms with Gasteiger partial charge in [0.1, 0.15) is 0 Å². The van der Waals surface area contributed by atoms with Crippen LogP contribution >= 0.6 is 0 Å². The van der Waals surface area contributed by atoms with E-state index in [-0.39, 0.29) is 11.9 Å². The predicted octanol–water partition coefficient (Wildman–Crippen LogP) is 1.50. The third kappa shape index (κ3) is 3.92. The van der Waals surface area contributed by atoms with Gasteiger partial charge in [0.15, 0.2) is 0 Å². The molecular weight excluding hydrogens is 210 g/mol. The third-order valence-corrected chi connectivity index (χ3v) is 2.52. The summed E-state index contributed by atoms with van der Waals surface area (Å²) in [5, 5.41) is 8.83. The second-order valence-corrected chi connectivity index (χ2v) is 3.74. The van der Waals surface area contributed by atoms with Gasteiger partial charge in [-0.25, -0.2) is 9.59 Å². The number of carboxylic acid groups (broad SMARTS) is 1. The van der Waals surface area contributed by atoms with Crippen LogP contribution in [0.2, 0.25) is 0 Å².